The van der Waals surface area contributed by atoms with Crippen molar-refractivity contribution >= 4 is 29.6 Å². The number of hydrogen-bond donors (Lipinski definition) is 3. The van der Waals surface area contributed by atoms with Gasteiger partial charge in [0.15, 0.2) is 6.21 Å². The fourth-order valence-corrected chi connectivity index (χ4v) is 1.48. The number of hydrazine groups is 1. The molecule has 1 aromatic carbocycles. The van der Waals surface area contributed by atoms with Gasteiger partial charge in [0.05, 0.1) is 0 Å². The van der Waals surface area contributed by atoms with Gasteiger partial charge in [-0.05, 0) is 37.7 Å². The fourth-order valence-electron chi connectivity index (χ4n) is 1.27. The van der Waals surface area contributed by atoms with Crippen LogP contribution in [0.25, 0.3) is 6.08 Å². The molecule has 0 heterocycles. The SMILES string of the molecule is CCNC(=S)N[NH+]=CC(C)=Cc1ccccc1. The summed E-state index contributed by atoms with van der Waals surface area (Å²) in [6, 6.07) is 10.2. The molecule has 0 radical (unpaired) electrons. The second-order valence-electron chi connectivity index (χ2n) is 3.57. The summed E-state index contributed by atoms with van der Waals surface area (Å²) < 4.78 is 0. The molecule has 0 unspecified atom stereocenters. The zero-order chi connectivity index (χ0) is 12.5. The van der Waals surface area contributed by atoms with E-state index in [1.807, 2.05) is 38.3 Å². The van der Waals surface area contributed by atoms with Crippen molar-refractivity contribution in [3.8, 4) is 0 Å². The third-order valence-electron chi connectivity index (χ3n) is 2.02. The van der Waals surface area contributed by atoms with E-state index in [4.69, 9.17) is 12.2 Å². The van der Waals surface area contributed by atoms with Gasteiger partial charge in [0, 0.05) is 12.1 Å². The quantitative estimate of drug-likeness (QED) is 0.416. The second-order valence-corrected chi connectivity index (χ2v) is 3.98. The highest BCUT2D eigenvalue weighted by Gasteiger charge is 1.93. The zero-order valence-corrected chi connectivity index (χ0v) is 11.0. The lowest BCUT2D eigenvalue weighted by molar-refractivity contribution is -0.500. The van der Waals surface area contributed by atoms with Crippen LogP contribution in [0.3, 0.4) is 0 Å². The molecule has 3 N–H and O–H groups in total. The van der Waals surface area contributed by atoms with Crippen molar-refractivity contribution in [3.63, 3.8) is 0 Å². The molecule has 0 saturated carbocycles. The summed E-state index contributed by atoms with van der Waals surface area (Å²) in [4.78, 5) is 0. The molecule has 4 heteroatoms. The van der Waals surface area contributed by atoms with Crippen LogP contribution in [-0.2, 0) is 0 Å². The minimum Gasteiger partial charge on any atom is -0.359 e. The average molecular weight is 248 g/mol. The molecule has 17 heavy (non-hydrogen) atoms. The van der Waals surface area contributed by atoms with Gasteiger partial charge in [-0.3, -0.25) is 0 Å². The van der Waals surface area contributed by atoms with Crippen molar-refractivity contribution in [3.05, 3.63) is 41.5 Å². The van der Waals surface area contributed by atoms with Gasteiger partial charge in [-0.2, -0.15) is 0 Å². The number of hydrazone groups is 1. The fraction of sp³-hybridized carbons (Fsp3) is 0.231. The molecule has 0 bridgehead atoms. The van der Waals surface area contributed by atoms with Crippen LogP contribution >= 0.6 is 12.2 Å². The molecule has 0 atom stereocenters. The van der Waals surface area contributed by atoms with Gasteiger partial charge in [0.2, 0.25) is 5.11 Å². The van der Waals surface area contributed by atoms with E-state index in [0.717, 1.165) is 12.1 Å². The van der Waals surface area contributed by atoms with Gasteiger partial charge in [-0.25, -0.2) is 0 Å². The van der Waals surface area contributed by atoms with Crippen LogP contribution in [0.4, 0.5) is 0 Å². The number of hydrogen-bond acceptors (Lipinski definition) is 1. The smallest absolute Gasteiger partial charge is 0.223 e. The predicted octanol–water partition coefficient (Wildman–Crippen LogP) is 0.640. The van der Waals surface area contributed by atoms with Crippen LogP contribution in [0.2, 0.25) is 0 Å². The Morgan fingerprint density at radius 3 is 2.71 bits per heavy atom. The Labute approximate surface area is 108 Å². The maximum absolute atomic E-state index is 5.01. The van der Waals surface area contributed by atoms with Gasteiger partial charge in [-0.15, -0.1) is 10.5 Å². The lowest BCUT2D eigenvalue weighted by Gasteiger charge is -1.98. The van der Waals surface area contributed by atoms with E-state index >= 15 is 0 Å². The Hall–Kier alpha value is -1.68. The molecule has 1 rings (SSSR count). The van der Waals surface area contributed by atoms with Gasteiger partial charge in [0.25, 0.3) is 0 Å². The first-order valence-electron chi connectivity index (χ1n) is 5.58. The van der Waals surface area contributed by atoms with Crippen LogP contribution in [-0.4, -0.2) is 17.9 Å². The van der Waals surface area contributed by atoms with Gasteiger partial charge >= 0.3 is 0 Å². The first kappa shape index (κ1) is 13.4. The number of allylic oxidation sites excluding steroid dienone is 1. The lowest BCUT2D eigenvalue weighted by atomic mass is 10.1. The Balaban J connectivity index is 2.49. The van der Waals surface area contributed by atoms with Crippen molar-refractivity contribution in [1.82, 2.24) is 10.7 Å². The Bertz CT molecular complexity index is 410. The highest BCUT2D eigenvalue weighted by Crippen LogP contribution is 2.03. The van der Waals surface area contributed by atoms with Crippen LogP contribution in [0.5, 0.6) is 0 Å². The molecular formula is C13H18N3S+. The summed E-state index contributed by atoms with van der Waals surface area (Å²) in [5, 5.41) is 6.52. The minimum atomic E-state index is 0.594. The van der Waals surface area contributed by atoms with Gasteiger partial charge < -0.3 is 5.32 Å². The molecular weight excluding hydrogens is 230 g/mol. The number of benzene rings is 1. The van der Waals surface area contributed by atoms with Crippen molar-refractivity contribution in [2.24, 2.45) is 0 Å². The molecule has 0 aliphatic carbocycles. The number of rotatable bonds is 4. The molecule has 0 aliphatic heterocycles. The molecule has 0 aromatic heterocycles. The monoisotopic (exact) mass is 248 g/mol. The van der Waals surface area contributed by atoms with Crippen molar-refractivity contribution in [2.75, 3.05) is 6.54 Å². The molecule has 0 fully saturated rings. The van der Waals surface area contributed by atoms with Gasteiger partial charge in [0.1, 0.15) is 0 Å². The highest BCUT2D eigenvalue weighted by atomic mass is 32.1. The van der Waals surface area contributed by atoms with Crippen LogP contribution < -0.4 is 15.8 Å². The Kier molecular flexibility index (Phi) is 5.96. The summed E-state index contributed by atoms with van der Waals surface area (Å²) >= 11 is 5.01. The maximum atomic E-state index is 5.01. The molecule has 3 nitrogen and oxygen atoms in total. The summed E-state index contributed by atoms with van der Waals surface area (Å²) in [5.74, 6) is 0. The Morgan fingerprint density at radius 1 is 1.35 bits per heavy atom. The minimum absolute atomic E-state index is 0.594. The standard InChI is InChI=1S/C13H17N3S/c1-3-14-13(17)16-15-10-11(2)9-12-7-5-4-6-8-12/h4-10H,3H2,1-2H3,(H2,14,16,17)/p+1. The summed E-state index contributed by atoms with van der Waals surface area (Å²) in [5.41, 5.74) is 5.17. The van der Waals surface area contributed by atoms with E-state index in [1.54, 1.807) is 0 Å². The molecule has 1 aromatic rings. The second kappa shape index (κ2) is 7.57. The molecule has 0 saturated heterocycles. The summed E-state index contributed by atoms with van der Waals surface area (Å²) in [6.07, 6.45) is 3.96. The van der Waals surface area contributed by atoms with Crippen molar-refractivity contribution in [1.29, 1.82) is 0 Å². The normalized spacial score (nSPS) is 11.5. The van der Waals surface area contributed by atoms with E-state index in [1.165, 1.54) is 5.56 Å². The van der Waals surface area contributed by atoms with Gasteiger partial charge in [-0.1, -0.05) is 30.3 Å². The summed E-state index contributed by atoms with van der Waals surface area (Å²) in [7, 11) is 0. The average Bonchev–Trinajstić information content (AvgIpc) is 2.30. The van der Waals surface area contributed by atoms with E-state index in [-0.39, 0.29) is 0 Å². The third kappa shape index (κ3) is 5.82. The van der Waals surface area contributed by atoms with E-state index in [2.05, 4.69) is 34.1 Å². The van der Waals surface area contributed by atoms with E-state index in [9.17, 15) is 0 Å². The first-order valence-corrected chi connectivity index (χ1v) is 5.99. The molecule has 0 aliphatic rings. The van der Waals surface area contributed by atoms with E-state index < -0.39 is 0 Å². The molecule has 0 spiro atoms. The zero-order valence-electron chi connectivity index (χ0n) is 10.2. The largest absolute Gasteiger partial charge is 0.359 e. The predicted molar refractivity (Wildman–Crippen MR) is 76.5 cm³/mol. The summed E-state index contributed by atoms with van der Waals surface area (Å²) in [6.45, 7) is 4.84. The highest BCUT2D eigenvalue weighted by molar-refractivity contribution is 7.80. The number of nitrogens with one attached hydrogen (secondary N) is 3. The number of thiocarbonyl (C=S) groups is 1. The maximum Gasteiger partial charge on any atom is 0.223 e. The lowest BCUT2D eigenvalue weighted by Crippen LogP contribution is -2.82. The first-order chi connectivity index (χ1) is 8.22. The topological polar surface area (TPSA) is 38.0 Å². The van der Waals surface area contributed by atoms with E-state index in [0.29, 0.717) is 5.11 Å². The van der Waals surface area contributed by atoms with Crippen molar-refractivity contribution in [2.45, 2.75) is 13.8 Å². The third-order valence-corrected chi connectivity index (χ3v) is 2.26. The van der Waals surface area contributed by atoms with Crippen molar-refractivity contribution < 1.29 is 5.10 Å². The molecule has 90 valence electrons. The molecule has 0 amide bonds. The van der Waals surface area contributed by atoms with Crippen LogP contribution in [0.1, 0.15) is 19.4 Å². The Morgan fingerprint density at radius 2 is 2.06 bits per heavy atom. The van der Waals surface area contributed by atoms with Crippen LogP contribution in [0, 0.1) is 0 Å². The van der Waals surface area contributed by atoms with Crippen LogP contribution in [0.15, 0.2) is 35.9 Å².